The van der Waals surface area contributed by atoms with Crippen molar-refractivity contribution in [3.8, 4) is 0 Å². The summed E-state index contributed by atoms with van der Waals surface area (Å²) in [5.74, 6) is -0.123. The average molecular weight is 258 g/mol. The summed E-state index contributed by atoms with van der Waals surface area (Å²) in [6.07, 6.45) is 0.549. The van der Waals surface area contributed by atoms with Crippen LogP contribution in [0.5, 0.6) is 0 Å². The van der Waals surface area contributed by atoms with E-state index in [-0.39, 0.29) is 18.6 Å². The van der Waals surface area contributed by atoms with E-state index in [2.05, 4.69) is 10.3 Å². The Morgan fingerprint density at radius 1 is 1.42 bits per heavy atom. The number of hydrogen-bond donors (Lipinski definition) is 2. The Labute approximate surface area is 112 Å². The highest BCUT2D eigenvalue weighted by Gasteiger charge is 2.13. The molecule has 0 aliphatic heterocycles. The smallest absolute Gasteiger partial charge is 0.252 e. The second-order valence-corrected chi connectivity index (χ2v) is 4.72. The minimum absolute atomic E-state index is 0.0512. The number of nitrogens with one attached hydrogen (secondary N) is 1. The third-order valence-corrected chi connectivity index (χ3v) is 3.03. The van der Waals surface area contributed by atoms with Gasteiger partial charge in [0.25, 0.3) is 5.91 Å². The molecule has 1 amide bonds. The van der Waals surface area contributed by atoms with Crippen LogP contribution in [0.25, 0.3) is 10.9 Å². The van der Waals surface area contributed by atoms with Gasteiger partial charge in [-0.25, -0.2) is 0 Å². The van der Waals surface area contributed by atoms with E-state index in [0.29, 0.717) is 12.0 Å². The van der Waals surface area contributed by atoms with Gasteiger partial charge >= 0.3 is 0 Å². The molecule has 4 nitrogen and oxygen atoms in total. The Bertz CT molecular complexity index is 596. The number of nitrogens with zero attached hydrogens (tertiary/aromatic N) is 1. The van der Waals surface area contributed by atoms with Gasteiger partial charge in [-0.3, -0.25) is 9.78 Å². The Morgan fingerprint density at radius 2 is 2.16 bits per heavy atom. The number of carbonyl (C=O) groups is 1. The number of carbonyl (C=O) groups excluding carboxylic acids is 1. The molecular formula is C15H18N2O2. The fraction of sp³-hybridized carbons (Fsp3) is 0.333. The van der Waals surface area contributed by atoms with E-state index in [4.69, 9.17) is 5.11 Å². The molecule has 1 aromatic heterocycles. The lowest BCUT2D eigenvalue weighted by Crippen LogP contribution is -2.33. The lowest BCUT2D eigenvalue weighted by Gasteiger charge is -2.14. The van der Waals surface area contributed by atoms with E-state index in [9.17, 15) is 4.79 Å². The maximum absolute atomic E-state index is 12.3. The standard InChI is InChI=1S/C15H18N2O2/c1-10(7-8-18)17-15(19)13-9-11(2)16-14-6-4-3-5-12(13)14/h3-6,9-10,18H,7-8H2,1-2H3,(H,17,19). The van der Waals surface area contributed by atoms with Crippen LogP contribution in [-0.2, 0) is 0 Å². The second-order valence-electron chi connectivity index (χ2n) is 4.72. The quantitative estimate of drug-likeness (QED) is 0.882. The monoisotopic (exact) mass is 258 g/mol. The van der Waals surface area contributed by atoms with Crippen molar-refractivity contribution in [2.24, 2.45) is 0 Å². The van der Waals surface area contributed by atoms with Crippen LogP contribution in [0.1, 0.15) is 29.4 Å². The van der Waals surface area contributed by atoms with Gasteiger partial charge in [0.1, 0.15) is 0 Å². The van der Waals surface area contributed by atoms with Crippen LogP contribution in [0.2, 0.25) is 0 Å². The molecule has 0 bridgehead atoms. The molecule has 1 atom stereocenters. The number of aliphatic hydroxyl groups excluding tert-OH is 1. The predicted molar refractivity (Wildman–Crippen MR) is 75.1 cm³/mol. The lowest BCUT2D eigenvalue weighted by molar-refractivity contribution is 0.0936. The number of aryl methyl sites for hydroxylation is 1. The molecule has 0 aliphatic carbocycles. The molecule has 0 saturated carbocycles. The molecule has 100 valence electrons. The van der Waals surface area contributed by atoms with Gasteiger partial charge in [-0.1, -0.05) is 18.2 Å². The number of hydrogen-bond acceptors (Lipinski definition) is 3. The summed E-state index contributed by atoms with van der Waals surface area (Å²) in [6, 6.07) is 9.34. The van der Waals surface area contributed by atoms with Crippen LogP contribution in [-0.4, -0.2) is 28.6 Å². The first kappa shape index (κ1) is 13.5. The van der Waals surface area contributed by atoms with Gasteiger partial charge in [0.05, 0.1) is 11.1 Å². The molecule has 2 aromatic rings. The van der Waals surface area contributed by atoms with Crippen molar-refractivity contribution in [2.45, 2.75) is 26.3 Å². The Hall–Kier alpha value is -1.94. The number of benzene rings is 1. The van der Waals surface area contributed by atoms with E-state index in [1.807, 2.05) is 38.1 Å². The molecule has 0 fully saturated rings. The number of aliphatic hydroxyl groups is 1. The van der Waals surface area contributed by atoms with Crippen molar-refractivity contribution < 1.29 is 9.90 Å². The largest absolute Gasteiger partial charge is 0.396 e. The first-order chi connectivity index (χ1) is 9.11. The van der Waals surface area contributed by atoms with Crippen LogP contribution in [0.4, 0.5) is 0 Å². The van der Waals surface area contributed by atoms with Gasteiger partial charge in [-0.15, -0.1) is 0 Å². The summed E-state index contributed by atoms with van der Waals surface area (Å²) >= 11 is 0. The normalized spacial score (nSPS) is 12.4. The number of fused-ring (bicyclic) bond motifs is 1. The predicted octanol–water partition coefficient (Wildman–Crippen LogP) is 2.04. The van der Waals surface area contributed by atoms with Gasteiger partial charge in [0.2, 0.25) is 0 Å². The topological polar surface area (TPSA) is 62.2 Å². The zero-order valence-corrected chi connectivity index (χ0v) is 11.2. The molecule has 4 heteroatoms. The van der Waals surface area contributed by atoms with E-state index >= 15 is 0 Å². The second kappa shape index (κ2) is 5.80. The molecule has 1 aromatic carbocycles. The van der Waals surface area contributed by atoms with Gasteiger partial charge in [0, 0.05) is 23.7 Å². The molecule has 2 N–H and O–H groups in total. The minimum atomic E-state index is -0.123. The molecule has 0 radical (unpaired) electrons. The maximum atomic E-state index is 12.3. The molecule has 0 saturated heterocycles. The van der Waals surface area contributed by atoms with Crippen molar-refractivity contribution in [1.82, 2.24) is 10.3 Å². The fourth-order valence-corrected chi connectivity index (χ4v) is 2.06. The first-order valence-corrected chi connectivity index (χ1v) is 6.40. The molecule has 2 rings (SSSR count). The minimum Gasteiger partial charge on any atom is -0.396 e. The Balaban J connectivity index is 2.36. The highest BCUT2D eigenvalue weighted by molar-refractivity contribution is 6.06. The van der Waals surface area contributed by atoms with Crippen molar-refractivity contribution in [2.75, 3.05) is 6.61 Å². The van der Waals surface area contributed by atoms with Crippen molar-refractivity contribution in [3.63, 3.8) is 0 Å². The number of para-hydroxylation sites is 1. The van der Waals surface area contributed by atoms with Gasteiger partial charge in [0.15, 0.2) is 0 Å². The highest BCUT2D eigenvalue weighted by Crippen LogP contribution is 2.18. The molecule has 1 heterocycles. The van der Waals surface area contributed by atoms with Crippen LogP contribution in [0.15, 0.2) is 30.3 Å². The SMILES string of the molecule is Cc1cc(C(=O)NC(C)CCO)c2ccccc2n1. The summed E-state index contributed by atoms with van der Waals surface area (Å²) in [7, 11) is 0. The molecule has 19 heavy (non-hydrogen) atoms. The highest BCUT2D eigenvalue weighted by atomic mass is 16.3. The number of pyridine rings is 1. The number of amides is 1. The maximum Gasteiger partial charge on any atom is 0.252 e. The van der Waals surface area contributed by atoms with Gasteiger partial charge in [-0.2, -0.15) is 0 Å². The van der Waals surface area contributed by atoms with E-state index in [1.165, 1.54) is 0 Å². The summed E-state index contributed by atoms with van der Waals surface area (Å²) in [4.78, 5) is 16.7. The van der Waals surface area contributed by atoms with Crippen molar-refractivity contribution in [3.05, 3.63) is 41.6 Å². The Kier molecular flexibility index (Phi) is 4.12. The van der Waals surface area contributed by atoms with E-state index < -0.39 is 0 Å². The van der Waals surface area contributed by atoms with Crippen molar-refractivity contribution in [1.29, 1.82) is 0 Å². The van der Waals surface area contributed by atoms with Gasteiger partial charge in [-0.05, 0) is 32.4 Å². The van der Waals surface area contributed by atoms with Crippen LogP contribution < -0.4 is 5.32 Å². The van der Waals surface area contributed by atoms with Gasteiger partial charge < -0.3 is 10.4 Å². The molecule has 1 unspecified atom stereocenters. The lowest BCUT2D eigenvalue weighted by atomic mass is 10.1. The average Bonchev–Trinajstić information content (AvgIpc) is 2.37. The van der Waals surface area contributed by atoms with E-state index in [0.717, 1.165) is 16.6 Å². The first-order valence-electron chi connectivity index (χ1n) is 6.40. The molecular weight excluding hydrogens is 240 g/mol. The zero-order valence-electron chi connectivity index (χ0n) is 11.2. The Morgan fingerprint density at radius 3 is 2.89 bits per heavy atom. The van der Waals surface area contributed by atoms with Crippen LogP contribution in [0.3, 0.4) is 0 Å². The fourth-order valence-electron chi connectivity index (χ4n) is 2.06. The third kappa shape index (κ3) is 3.09. The number of rotatable bonds is 4. The van der Waals surface area contributed by atoms with Crippen LogP contribution in [0, 0.1) is 6.92 Å². The summed E-state index contributed by atoms with van der Waals surface area (Å²) in [5.41, 5.74) is 2.27. The van der Waals surface area contributed by atoms with Crippen LogP contribution >= 0.6 is 0 Å². The number of aromatic nitrogens is 1. The summed E-state index contributed by atoms with van der Waals surface area (Å²) < 4.78 is 0. The molecule has 0 spiro atoms. The van der Waals surface area contributed by atoms with E-state index in [1.54, 1.807) is 6.07 Å². The summed E-state index contributed by atoms with van der Waals surface area (Å²) in [5, 5.41) is 12.6. The zero-order chi connectivity index (χ0) is 13.8. The van der Waals surface area contributed by atoms with Crippen molar-refractivity contribution >= 4 is 16.8 Å². The summed E-state index contributed by atoms with van der Waals surface area (Å²) in [6.45, 7) is 3.82. The third-order valence-electron chi connectivity index (χ3n) is 3.03. The molecule has 0 aliphatic rings.